The summed E-state index contributed by atoms with van der Waals surface area (Å²) < 4.78 is 10.9. The van der Waals surface area contributed by atoms with Crippen LogP contribution < -0.4 is 10.1 Å². The van der Waals surface area contributed by atoms with Crippen LogP contribution in [0.5, 0.6) is 5.75 Å². The molecule has 0 fully saturated rings. The van der Waals surface area contributed by atoms with E-state index in [4.69, 9.17) is 21.1 Å². The highest BCUT2D eigenvalue weighted by atomic mass is 35.5. The maximum atomic E-state index is 13.0. The van der Waals surface area contributed by atoms with Crippen molar-refractivity contribution < 1.29 is 19.1 Å². The number of para-hydroxylation sites is 1. The molecule has 1 N–H and O–H groups in total. The standard InChI is InChI=1S/C23H29ClN2O4/c1-3-29-15-9-14-25-23(28)18(2)26(16-19-10-5-4-6-11-19)22(27)17-30-21-13-8-7-12-20(21)24/h4-8,10-13,18H,3,9,14-17H2,1-2H3,(H,25,28). The summed E-state index contributed by atoms with van der Waals surface area (Å²) >= 11 is 6.10. The van der Waals surface area contributed by atoms with E-state index in [0.717, 1.165) is 5.56 Å². The Morgan fingerprint density at radius 1 is 1.10 bits per heavy atom. The minimum atomic E-state index is -0.653. The van der Waals surface area contributed by atoms with Gasteiger partial charge in [-0.2, -0.15) is 0 Å². The molecule has 0 heterocycles. The third-order valence-corrected chi connectivity index (χ3v) is 4.83. The lowest BCUT2D eigenvalue weighted by Crippen LogP contribution is -2.49. The van der Waals surface area contributed by atoms with E-state index in [0.29, 0.717) is 43.5 Å². The van der Waals surface area contributed by atoms with Crippen molar-refractivity contribution in [2.45, 2.75) is 32.9 Å². The van der Waals surface area contributed by atoms with E-state index in [1.54, 1.807) is 31.2 Å². The minimum Gasteiger partial charge on any atom is -0.482 e. The molecule has 30 heavy (non-hydrogen) atoms. The smallest absolute Gasteiger partial charge is 0.261 e. The molecule has 1 unspecified atom stereocenters. The van der Waals surface area contributed by atoms with E-state index in [2.05, 4.69) is 5.32 Å². The van der Waals surface area contributed by atoms with Crippen LogP contribution in [0.1, 0.15) is 25.8 Å². The summed E-state index contributed by atoms with van der Waals surface area (Å²) in [6.07, 6.45) is 0.717. The van der Waals surface area contributed by atoms with Gasteiger partial charge >= 0.3 is 0 Å². The largest absolute Gasteiger partial charge is 0.482 e. The van der Waals surface area contributed by atoms with Crippen LogP contribution in [0.4, 0.5) is 0 Å². The fourth-order valence-corrected chi connectivity index (χ4v) is 3.02. The van der Waals surface area contributed by atoms with Gasteiger partial charge in [0.05, 0.1) is 5.02 Å². The number of hydrogen-bond acceptors (Lipinski definition) is 4. The molecule has 2 amide bonds. The molecule has 7 heteroatoms. The Bertz CT molecular complexity index is 801. The Balaban J connectivity index is 2.02. The summed E-state index contributed by atoms with van der Waals surface area (Å²) in [7, 11) is 0. The lowest BCUT2D eigenvalue weighted by molar-refractivity contribution is -0.142. The summed E-state index contributed by atoms with van der Waals surface area (Å²) in [6.45, 7) is 5.47. The molecular formula is C23H29ClN2O4. The normalized spacial score (nSPS) is 11.6. The minimum absolute atomic E-state index is 0.210. The number of nitrogens with one attached hydrogen (secondary N) is 1. The van der Waals surface area contributed by atoms with Gasteiger partial charge in [0, 0.05) is 26.3 Å². The van der Waals surface area contributed by atoms with Crippen molar-refractivity contribution in [1.29, 1.82) is 0 Å². The first-order valence-corrected chi connectivity index (χ1v) is 10.5. The molecule has 162 valence electrons. The van der Waals surface area contributed by atoms with E-state index < -0.39 is 6.04 Å². The van der Waals surface area contributed by atoms with Crippen molar-refractivity contribution >= 4 is 23.4 Å². The van der Waals surface area contributed by atoms with Gasteiger partial charge in [-0.25, -0.2) is 0 Å². The molecule has 2 aromatic rings. The number of carbonyl (C=O) groups excluding carboxylic acids is 2. The zero-order valence-electron chi connectivity index (χ0n) is 17.5. The van der Waals surface area contributed by atoms with Crippen molar-refractivity contribution in [3.63, 3.8) is 0 Å². The third kappa shape index (κ3) is 7.69. The number of halogens is 1. The Morgan fingerprint density at radius 3 is 2.50 bits per heavy atom. The fourth-order valence-electron chi connectivity index (χ4n) is 2.82. The molecule has 0 aliphatic carbocycles. The summed E-state index contributed by atoms with van der Waals surface area (Å²) in [5.74, 6) is -0.0792. The second-order valence-corrected chi connectivity index (χ2v) is 7.15. The Morgan fingerprint density at radius 2 is 1.80 bits per heavy atom. The molecule has 0 saturated carbocycles. The van der Waals surface area contributed by atoms with E-state index in [9.17, 15) is 9.59 Å². The third-order valence-electron chi connectivity index (χ3n) is 4.52. The molecule has 6 nitrogen and oxygen atoms in total. The van der Waals surface area contributed by atoms with E-state index in [1.807, 2.05) is 37.3 Å². The average molecular weight is 433 g/mol. The number of benzene rings is 2. The van der Waals surface area contributed by atoms with Gasteiger partial charge in [0.2, 0.25) is 5.91 Å². The predicted octanol–water partition coefficient (Wildman–Crippen LogP) is 3.68. The second-order valence-electron chi connectivity index (χ2n) is 6.74. The number of rotatable bonds is 12. The van der Waals surface area contributed by atoms with Gasteiger partial charge < -0.3 is 19.7 Å². The lowest BCUT2D eigenvalue weighted by atomic mass is 10.1. The van der Waals surface area contributed by atoms with Crippen molar-refractivity contribution in [2.24, 2.45) is 0 Å². The monoisotopic (exact) mass is 432 g/mol. The van der Waals surface area contributed by atoms with Gasteiger partial charge in [-0.15, -0.1) is 0 Å². The Labute approximate surface area is 183 Å². The van der Waals surface area contributed by atoms with Gasteiger partial charge in [0.25, 0.3) is 5.91 Å². The first kappa shape index (κ1) is 23.7. The zero-order valence-corrected chi connectivity index (χ0v) is 18.2. The molecular weight excluding hydrogens is 404 g/mol. The first-order chi connectivity index (χ1) is 14.5. The molecule has 0 spiro atoms. The van der Waals surface area contributed by atoms with Gasteiger partial charge in [-0.05, 0) is 38.0 Å². The summed E-state index contributed by atoms with van der Waals surface area (Å²) in [5, 5.41) is 3.30. The maximum absolute atomic E-state index is 13.0. The quantitative estimate of drug-likeness (QED) is 0.519. The van der Waals surface area contributed by atoms with Gasteiger partial charge in [0.1, 0.15) is 11.8 Å². The molecule has 0 aliphatic heterocycles. The average Bonchev–Trinajstić information content (AvgIpc) is 2.76. The van der Waals surface area contributed by atoms with Gasteiger partial charge in [-0.3, -0.25) is 9.59 Å². The molecule has 2 rings (SSSR count). The summed E-state index contributed by atoms with van der Waals surface area (Å²) in [5.41, 5.74) is 0.930. The van der Waals surface area contributed by atoms with Crippen molar-refractivity contribution in [3.8, 4) is 5.75 Å². The van der Waals surface area contributed by atoms with Crippen molar-refractivity contribution in [2.75, 3.05) is 26.4 Å². The molecule has 0 aliphatic rings. The maximum Gasteiger partial charge on any atom is 0.261 e. The van der Waals surface area contributed by atoms with Gasteiger partial charge in [-0.1, -0.05) is 54.1 Å². The van der Waals surface area contributed by atoms with E-state index >= 15 is 0 Å². The molecule has 0 bridgehead atoms. The molecule has 0 radical (unpaired) electrons. The highest BCUT2D eigenvalue weighted by Gasteiger charge is 2.26. The molecule has 2 aromatic carbocycles. The molecule has 0 aromatic heterocycles. The number of ether oxygens (including phenoxy) is 2. The highest BCUT2D eigenvalue weighted by molar-refractivity contribution is 6.32. The van der Waals surface area contributed by atoms with Crippen LogP contribution in [0.3, 0.4) is 0 Å². The first-order valence-electron chi connectivity index (χ1n) is 10.1. The predicted molar refractivity (Wildman–Crippen MR) is 118 cm³/mol. The van der Waals surface area contributed by atoms with Crippen molar-refractivity contribution in [3.05, 3.63) is 65.2 Å². The Hall–Kier alpha value is -2.57. The van der Waals surface area contributed by atoms with Crippen LogP contribution in [0, 0.1) is 0 Å². The van der Waals surface area contributed by atoms with E-state index in [1.165, 1.54) is 4.90 Å². The van der Waals surface area contributed by atoms with Crippen molar-refractivity contribution in [1.82, 2.24) is 10.2 Å². The number of amides is 2. The highest BCUT2D eigenvalue weighted by Crippen LogP contribution is 2.23. The summed E-state index contributed by atoms with van der Waals surface area (Å²) in [6, 6.07) is 15.9. The number of carbonyl (C=O) groups is 2. The fraction of sp³-hybridized carbons (Fsp3) is 0.391. The van der Waals surface area contributed by atoms with Crippen LogP contribution >= 0.6 is 11.6 Å². The SMILES string of the molecule is CCOCCCNC(=O)C(C)N(Cc1ccccc1)C(=O)COc1ccccc1Cl. The zero-order chi connectivity index (χ0) is 21.8. The van der Waals surface area contributed by atoms with Crippen LogP contribution in [0.15, 0.2) is 54.6 Å². The van der Waals surface area contributed by atoms with Gasteiger partial charge in [0.15, 0.2) is 6.61 Å². The number of nitrogens with zero attached hydrogens (tertiary/aromatic N) is 1. The second kappa shape index (κ2) is 12.9. The van der Waals surface area contributed by atoms with Crippen LogP contribution in [-0.2, 0) is 20.9 Å². The topological polar surface area (TPSA) is 67.9 Å². The lowest BCUT2D eigenvalue weighted by Gasteiger charge is -2.28. The van der Waals surface area contributed by atoms with Crippen LogP contribution in [0.25, 0.3) is 0 Å². The van der Waals surface area contributed by atoms with E-state index in [-0.39, 0.29) is 18.4 Å². The Kier molecular flexibility index (Phi) is 10.2. The van der Waals surface area contributed by atoms with Crippen LogP contribution in [-0.4, -0.2) is 49.1 Å². The van der Waals surface area contributed by atoms with Crippen LogP contribution in [0.2, 0.25) is 5.02 Å². The summed E-state index contributed by atoms with van der Waals surface area (Å²) in [4.78, 5) is 27.1. The molecule has 1 atom stereocenters. The molecule has 0 saturated heterocycles. The number of hydrogen-bond donors (Lipinski definition) is 1.